The highest BCUT2D eigenvalue weighted by atomic mass is 127. The number of benzene rings is 2. The van der Waals surface area contributed by atoms with Gasteiger partial charge in [-0.2, -0.15) is 8.78 Å². The molecular formula is C17H17F2IN2O3S. The number of nitrogens with one attached hydrogen (secondary N) is 1. The van der Waals surface area contributed by atoms with Crippen LogP contribution < -0.4 is 9.62 Å². The molecular weight excluding hydrogens is 477 g/mol. The second-order valence-corrected chi connectivity index (χ2v) is 8.97. The lowest BCUT2D eigenvalue weighted by molar-refractivity contribution is -0.114. The summed E-state index contributed by atoms with van der Waals surface area (Å²) in [4.78, 5) is 11.1. The van der Waals surface area contributed by atoms with Gasteiger partial charge in [0.1, 0.15) is 0 Å². The second kappa shape index (κ2) is 7.47. The summed E-state index contributed by atoms with van der Waals surface area (Å²) in [6.45, 7) is 2.95. The van der Waals surface area contributed by atoms with Crippen LogP contribution >= 0.6 is 22.6 Å². The molecule has 0 aliphatic carbocycles. The van der Waals surface area contributed by atoms with Gasteiger partial charge in [0.05, 0.1) is 10.6 Å². The highest BCUT2D eigenvalue weighted by Gasteiger charge is 2.29. The Labute approximate surface area is 164 Å². The van der Waals surface area contributed by atoms with Crippen LogP contribution in [0.5, 0.6) is 0 Å². The lowest BCUT2D eigenvalue weighted by Gasteiger charge is -2.22. The fraction of sp³-hybridized carbons (Fsp3) is 0.235. The predicted octanol–water partition coefficient (Wildman–Crippen LogP) is 4.26. The molecule has 0 saturated heterocycles. The van der Waals surface area contributed by atoms with Crippen molar-refractivity contribution >= 4 is 49.9 Å². The molecule has 2 aromatic carbocycles. The fourth-order valence-electron chi connectivity index (χ4n) is 2.38. The normalized spacial score (nSPS) is 11.9. The minimum absolute atomic E-state index is 0.0285. The zero-order valence-corrected chi connectivity index (χ0v) is 17.2. The van der Waals surface area contributed by atoms with Crippen molar-refractivity contribution in [2.45, 2.75) is 22.7 Å². The number of sulfonamides is 1. The molecule has 2 rings (SSSR count). The summed E-state index contributed by atoms with van der Waals surface area (Å²) in [6.07, 6.45) is 0. The van der Waals surface area contributed by atoms with E-state index in [1.165, 1.54) is 50.4 Å². The van der Waals surface area contributed by atoms with Gasteiger partial charge in [0, 0.05) is 47.8 Å². The first kappa shape index (κ1) is 20.6. The number of anilines is 2. The number of amides is 1. The zero-order chi connectivity index (χ0) is 19.7. The summed E-state index contributed by atoms with van der Waals surface area (Å²) in [7, 11) is -2.65. The maximum atomic E-state index is 13.5. The lowest BCUT2D eigenvalue weighted by atomic mass is 10.2. The molecule has 140 valence electrons. The lowest BCUT2D eigenvalue weighted by Crippen LogP contribution is -2.27. The Bertz CT molecular complexity index is 943. The van der Waals surface area contributed by atoms with Gasteiger partial charge in [0.2, 0.25) is 5.91 Å². The van der Waals surface area contributed by atoms with Crippen molar-refractivity contribution in [2.24, 2.45) is 0 Å². The van der Waals surface area contributed by atoms with Gasteiger partial charge in [0.15, 0.2) is 0 Å². The van der Waals surface area contributed by atoms with Gasteiger partial charge < -0.3 is 5.32 Å². The fourth-order valence-corrected chi connectivity index (χ4v) is 4.11. The van der Waals surface area contributed by atoms with Crippen LogP contribution in [0.15, 0.2) is 47.4 Å². The van der Waals surface area contributed by atoms with E-state index in [1.54, 1.807) is 6.92 Å². The first-order chi connectivity index (χ1) is 11.9. The van der Waals surface area contributed by atoms with Crippen LogP contribution in [-0.4, -0.2) is 21.4 Å². The van der Waals surface area contributed by atoms with E-state index in [0.29, 0.717) is 11.3 Å². The van der Waals surface area contributed by atoms with Gasteiger partial charge in [0.25, 0.3) is 10.0 Å². The Morgan fingerprint density at radius 3 is 2.38 bits per heavy atom. The van der Waals surface area contributed by atoms with Crippen molar-refractivity contribution in [1.82, 2.24) is 0 Å². The molecule has 0 atom stereocenters. The molecule has 26 heavy (non-hydrogen) atoms. The maximum absolute atomic E-state index is 13.5. The van der Waals surface area contributed by atoms with Gasteiger partial charge in [-0.05, 0) is 42.8 Å². The molecule has 0 saturated carbocycles. The van der Waals surface area contributed by atoms with Crippen molar-refractivity contribution in [2.75, 3.05) is 16.7 Å². The first-order valence-electron chi connectivity index (χ1n) is 7.47. The molecule has 1 N–H and O–H groups in total. The van der Waals surface area contributed by atoms with E-state index in [-0.39, 0.29) is 22.1 Å². The summed E-state index contributed by atoms with van der Waals surface area (Å²) < 4.78 is 50.7. The van der Waals surface area contributed by atoms with Crippen molar-refractivity contribution in [3.05, 3.63) is 53.6 Å². The summed E-state index contributed by atoms with van der Waals surface area (Å²) in [6, 6.07) is 9.61. The van der Waals surface area contributed by atoms with Gasteiger partial charge in [-0.1, -0.05) is 12.1 Å². The Hall–Kier alpha value is -1.75. The number of rotatable bonds is 5. The molecule has 9 heteroatoms. The van der Waals surface area contributed by atoms with Crippen molar-refractivity contribution in [3.8, 4) is 0 Å². The van der Waals surface area contributed by atoms with Gasteiger partial charge in [-0.15, -0.1) is 0 Å². The smallest absolute Gasteiger partial charge is 0.321 e. The summed E-state index contributed by atoms with van der Waals surface area (Å²) in [5.74, 6) is -0.270. The molecule has 0 bridgehead atoms. The molecule has 0 unspecified atom stereocenters. The first-order valence-corrected chi connectivity index (χ1v) is 9.99. The van der Waals surface area contributed by atoms with E-state index in [2.05, 4.69) is 5.32 Å². The molecule has 0 aliphatic heterocycles. The third-order valence-corrected chi connectivity index (χ3v) is 6.24. The average molecular weight is 494 g/mol. The third-order valence-electron chi connectivity index (χ3n) is 3.67. The monoisotopic (exact) mass is 494 g/mol. The number of alkyl halides is 3. The number of halogens is 3. The van der Waals surface area contributed by atoms with E-state index in [4.69, 9.17) is 0 Å². The minimum atomic E-state index is -3.96. The Morgan fingerprint density at radius 2 is 1.85 bits per heavy atom. The van der Waals surface area contributed by atoms with Crippen LogP contribution in [0.3, 0.4) is 0 Å². The number of aryl methyl sites for hydroxylation is 1. The molecule has 2 aromatic rings. The Morgan fingerprint density at radius 1 is 1.19 bits per heavy atom. The van der Waals surface area contributed by atoms with E-state index in [0.717, 1.165) is 33.0 Å². The van der Waals surface area contributed by atoms with Crippen LogP contribution in [0.4, 0.5) is 20.2 Å². The molecule has 1 amide bonds. The van der Waals surface area contributed by atoms with Crippen molar-refractivity contribution < 1.29 is 22.0 Å². The quantitative estimate of drug-likeness (QED) is 0.499. The van der Waals surface area contributed by atoms with Crippen LogP contribution in [0.1, 0.15) is 18.1 Å². The number of nitrogens with zero attached hydrogens (tertiary/aromatic N) is 1. The van der Waals surface area contributed by atoms with Gasteiger partial charge in [-0.25, -0.2) is 8.42 Å². The molecule has 0 radical (unpaired) electrons. The molecule has 0 aliphatic rings. The highest BCUT2D eigenvalue weighted by Crippen LogP contribution is 2.37. The topological polar surface area (TPSA) is 66.5 Å². The van der Waals surface area contributed by atoms with Gasteiger partial charge >= 0.3 is 3.93 Å². The van der Waals surface area contributed by atoms with E-state index in [1.807, 2.05) is 0 Å². The highest BCUT2D eigenvalue weighted by molar-refractivity contribution is 14.1. The maximum Gasteiger partial charge on any atom is 0.321 e. The average Bonchev–Trinajstić information content (AvgIpc) is 2.52. The zero-order valence-electron chi connectivity index (χ0n) is 14.3. The summed E-state index contributed by atoms with van der Waals surface area (Å²) in [5.41, 5.74) is 0.751. The Kier molecular flexibility index (Phi) is 5.91. The third kappa shape index (κ3) is 4.50. The standard InChI is InChI=1S/C17H17F2IN2O3S/c1-11-9-14(21-12(2)23)7-8-16(11)26(24,25)22(3)15-6-4-5-13(10-15)17(18,19)20/h4-10H,1-3H3,(H,21,23). The number of carbonyl (C=O) groups excluding carboxylic acids is 1. The summed E-state index contributed by atoms with van der Waals surface area (Å²) >= 11 is 0.998. The predicted molar refractivity (Wildman–Crippen MR) is 105 cm³/mol. The molecule has 0 fully saturated rings. The minimum Gasteiger partial charge on any atom is -0.326 e. The van der Waals surface area contributed by atoms with Crippen LogP contribution in [0.25, 0.3) is 0 Å². The van der Waals surface area contributed by atoms with Gasteiger partial charge in [-0.3, -0.25) is 9.10 Å². The largest absolute Gasteiger partial charge is 0.326 e. The van der Waals surface area contributed by atoms with Crippen molar-refractivity contribution in [3.63, 3.8) is 0 Å². The SMILES string of the molecule is CC(=O)Nc1ccc(S(=O)(=O)N(C)c2cccc(C(F)(F)I)c2)c(C)c1. The summed E-state index contributed by atoms with van der Waals surface area (Å²) in [5, 5.41) is 2.58. The second-order valence-electron chi connectivity index (χ2n) is 5.68. The van der Waals surface area contributed by atoms with E-state index >= 15 is 0 Å². The van der Waals surface area contributed by atoms with Crippen LogP contribution in [0.2, 0.25) is 0 Å². The number of hydrogen-bond acceptors (Lipinski definition) is 3. The van der Waals surface area contributed by atoms with E-state index < -0.39 is 14.0 Å². The molecule has 0 spiro atoms. The van der Waals surface area contributed by atoms with Crippen LogP contribution in [-0.2, 0) is 18.7 Å². The number of carbonyl (C=O) groups is 1. The van der Waals surface area contributed by atoms with Crippen LogP contribution in [0, 0.1) is 6.92 Å². The molecule has 0 heterocycles. The van der Waals surface area contributed by atoms with Crippen molar-refractivity contribution in [1.29, 1.82) is 0 Å². The number of hydrogen-bond donors (Lipinski definition) is 1. The molecule has 0 aromatic heterocycles. The molecule has 5 nitrogen and oxygen atoms in total. The Balaban J connectivity index is 2.43. The van der Waals surface area contributed by atoms with E-state index in [9.17, 15) is 22.0 Å².